The minimum absolute atomic E-state index is 0.243. The molecule has 1 N–H and O–H groups in total. The number of carbonyl (C=O) groups excluding carboxylic acids is 1. The first-order valence-electron chi connectivity index (χ1n) is 8.56. The van der Waals surface area contributed by atoms with E-state index in [0.29, 0.717) is 23.6 Å². The van der Waals surface area contributed by atoms with Crippen LogP contribution in [0.15, 0.2) is 65.3 Å². The minimum Gasteiger partial charge on any atom is -0.495 e. The van der Waals surface area contributed by atoms with Gasteiger partial charge in [-0.1, -0.05) is 24.3 Å². The number of nitrogens with one attached hydrogen (secondary N) is 1. The zero-order chi connectivity index (χ0) is 18.8. The number of aromatic nitrogens is 1. The Morgan fingerprint density at radius 2 is 2.00 bits per heavy atom. The Balaban J connectivity index is 1.62. The number of pyridine rings is 1. The number of ether oxygens (including phenoxy) is 1. The summed E-state index contributed by atoms with van der Waals surface area (Å²) in [6, 6.07) is 15.0. The molecule has 0 aliphatic rings. The highest BCUT2D eigenvalue weighted by Gasteiger charge is 2.16. The lowest BCUT2D eigenvalue weighted by atomic mass is 10.1. The van der Waals surface area contributed by atoms with Crippen molar-refractivity contribution in [1.82, 2.24) is 9.88 Å². The lowest BCUT2D eigenvalue weighted by Gasteiger charge is -2.19. The third-order valence-corrected chi connectivity index (χ3v) is 4.43. The van der Waals surface area contributed by atoms with Crippen LogP contribution in [0.25, 0.3) is 21.9 Å². The molecule has 27 heavy (non-hydrogen) atoms. The number of anilines is 1. The zero-order valence-corrected chi connectivity index (χ0v) is 15.1. The van der Waals surface area contributed by atoms with E-state index in [1.165, 1.54) is 0 Å². The predicted octanol–water partition coefficient (Wildman–Crippen LogP) is 4.65. The molecule has 0 saturated heterocycles. The van der Waals surface area contributed by atoms with Crippen LogP contribution in [0.3, 0.4) is 0 Å². The molecule has 6 heteroatoms. The molecule has 0 aliphatic heterocycles. The van der Waals surface area contributed by atoms with E-state index in [1.807, 2.05) is 42.5 Å². The summed E-state index contributed by atoms with van der Waals surface area (Å²) in [5, 5.41) is 4.86. The predicted molar refractivity (Wildman–Crippen MR) is 105 cm³/mol. The lowest BCUT2D eigenvalue weighted by Crippen LogP contribution is -2.31. The van der Waals surface area contributed by atoms with E-state index in [1.54, 1.807) is 37.5 Å². The molecular formula is C21H19N3O3. The number of fused-ring (bicyclic) bond motifs is 3. The van der Waals surface area contributed by atoms with Crippen molar-refractivity contribution in [2.24, 2.45) is 0 Å². The summed E-state index contributed by atoms with van der Waals surface area (Å²) >= 11 is 0. The molecular weight excluding hydrogens is 342 g/mol. The summed E-state index contributed by atoms with van der Waals surface area (Å²) in [5.74, 6) is 0.581. The van der Waals surface area contributed by atoms with Crippen LogP contribution < -0.4 is 10.1 Å². The number of methoxy groups -OCH3 is 1. The van der Waals surface area contributed by atoms with E-state index in [9.17, 15) is 4.79 Å². The lowest BCUT2D eigenvalue weighted by molar-refractivity contribution is 0.220. The Bertz CT molecular complexity index is 1110. The Morgan fingerprint density at radius 1 is 1.15 bits per heavy atom. The normalized spacial score (nSPS) is 10.9. The van der Waals surface area contributed by atoms with Gasteiger partial charge in [-0.3, -0.25) is 4.98 Å². The number of carbonyl (C=O) groups is 1. The maximum Gasteiger partial charge on any atom is 0.321 e. The molecule has 4 aromatic rings. The fourth-order valence-corrected chi connectivity index (χ4v) is 3.07. The van der Waals surface area contributed by atoms with E-state index in [2.05, 4.69) is 10.3 Å². The van der Waals surface area contributed by atoms with Crippen LogP contribution in [-0.2, 0) is 6.54 Å². The SMILES string of the molecule is COc1cc2c(cc1NC(=O)N(C)Cc1cccnc1)oc1ccccc12. The minimum atomic E-state index is -0.243. The molecule has 0 unspecified atom stereocenters. The van der Waals surface area contributed by atoms with E-state index in [-0.39, 0.29) is 6.03 Å². The monoisotopic (exact) mass is 361 g/mol. The Morgan fingerprint density at radius 3 is 2.78 bits per heavy atom. The van der Waals surface area contributed by atoms with Crippen molar-refractivity contribution in [2.45, 2.75) is 6.54 Å². The molecule has 0 fully saturated rings. The van der Waals surface area contributed by atoms with Crippen molar-refractivity contribution < 1.29 is 13.9 Å². The largest absolute Gasteiger partial charge is 0.495 e. The maximum absolute atomic E-state index is 12.6. The average Bonchev–Trinajstić information content (AvgIpc) is 3.05. The van der Waals surface area contributed by atoms with Gasteiger partial charge in [0.05, 0.1) is 12.8 Å². The number of hydrogen-bond donors (Lipinski definition) is 1. The van der Waals surface area contributed by atoms with Crippen LogP contribution in [-0.4, -0.2) is 30.1 Å². The second-order valence-corrected chi connectivity index (χ2v) is 6.29. The van der Waals surface area contributed by atoms with Crippen molar-refractivity contribution in [2.75, 3.05) is 19.5 Å². The van der Waals surface area contributed by atoms with Crippen LogP contribution in [0, 0.1) is 0 Å². The molecule has 0 bridgehead atoms. The summed E-state index contributed by atoms with van der Waals surface area (Å²) in [5.41, 5.74) is 3.01. The number of urea groups is 1. The average molecular weight is 361 g/mol. The van der Waals surface area contributed by atoms with Gasteiger partial charge in [0, 0.05) is 42.8 Å². The molecule has 0 spiro atoms. The van der Waals surface area contributed by atoms with Gasteiger partial charge in [0.2, 0.25) is 0 Å². The van der Waals surface area contributed by atoms with Gasteiger partial charge in [0.1, 0.15) is 16.9 Å². The van der Waals surface area contributed by atoms with E-state index < -0.39 is 0 Å². The fraction of sp³-hybridized carbons (Fsp3) is 0.143. The molecule has 136 valence electrons. The highest BCUT2D eigenvalue weighted by atomic mass is 16.5. The summed E-state index contributed by atoms with van der Waals surface area (Å²) in [6.45, 7) is 0.453. The van der Waals surface area contributed by atoms with Crippen molar-refractivity contribution in [1.29, 1.82) is 0 Å². The molecule has 0 saturated carbocycles. The maximum atomic E-state index is 12.6. The number of amides is 2. The molecule has 2 amide bonds. The summed E-state index contributed by atoms with van der Waals surface area (Å²) in [4.78, 5) is 18.3. The van der Waals surface area contributed by atoms with Crippen LogP contribution >= 0.6 is 0 Å². The molecule has 2 heterocycles. The number of hydrogen-bond acceptors (Lipinski definition) is 4. The number of para-hydroxylation sites is 1. The van der Waals surface area contributed by atoms with Crippen molar-refractivity contribution in [3.05, 3.63) is 66.5 Å². The molecule has 0 radical (unpaired) electrons. The van der Waals surface area contributed by atoms with Gasteiger partial charge in [-0.15, -0.1) is 0 Å². The summed E-state index contributed by atoms with van der Waals surface area (Å²) < 4.78 is 11.4. The van der Waals surface area contributed by atoms with Crippen molar-refractivity contribution in [3.63, 3.8) is 0 Å². The Labute approximate surface area is 156 Å². The van der Waals surface area contributed by atoms with Gasteiger partial charge in [0.15, 0.2) is 0 Å². The van der Waals surface area contributed by atoms with Gasteiger partial charge in [-0.05, 0) is 23.8 Å². The number of furan rings is 1. The third-order valence-electron chi connectivity index (χ3n) is 4.43. The summed E-state index contributed by atoms with van der Waals surface area (Å²) in [6.07, 6.45) is 3.45. The van der Waals surface area contributed by atoms with E-state index >= 15 is 0 Å². The van der Waals surface area contributed by atoms with Gasteiger partial charge >= 0.3 is 6.03 Å². The molecule has 2 aromatic heterocycles. The quantitative estimate of drug-likeness (QED) is 0.574. The van der Waals surface area contributed by atoms with E-state index in [0.717, 1.165) is 21.9 Å². The first-order valence-corrected chi connectivity index (χ1v) is 8.56. The second kappa shape index (κ2) is 6.99. The number of rotatable bonds is 4. The number of benzene rings is 2. The molecule has 6 nitrogen and oxygen atoms in total. The Kier molecular flexibility index (Phi) is 4.38. The molecule has 0 atom stereocenters. The molecule has 2 aromatic carbocycles. The van der Waals surface area contributed by atoms with Gasteiger partial charge in [-0.25, -0.2) is 4.79 Å². The van der Waals surface area contributed by atoms with Crippen LogP contribution in [0.4, 0.5) is 10.5 Å². The third kappa shape index (κ3) is 3.29. The summed E-state index contributed by atoms with van der Waals surface area (Å²) in [7, 11) is 3.31. The Hall–Kier alpha value is -3.54. The van der Waals surface area contributed by atoms with Crippen LogP contribution in [0.5, 0.6) is 5.75 Å². The van der Waals surface area contributed by atoms with Crippen LogP contribution in [0.1, 0.15) is 5.56 Å². The molecule has 0 aliphatic carbocycles. The standard InChI is InChI=1S/C21H19N3O3/c1-24(13-14-6-5-9-22-12-14)21(25)23-17-11-19-16(10-20(17)26-2)15-7-3-4-8-18(15)27-19/h3-12H,13H2,1-2H3,(H,23,25). The topological polar surface area (TPSA) is 67.6 Å². The first kappa shape index (κ1) is 16.9. The zero-order valence-electron chi connectivity index (χ0n) is 15.1. The van der Waals surface area contributed by atoms with Crippen molar-refractivity contribution in [3.8, 4) is 5.75 Å². The van der Waals surface area contributed by atoms with Gasteiger partial charge in [-0.2, -0.15) is 0 Å². The molecule has 4 rings (SSSR count). The number of nitrogens with zero attached hydrogens (tertiary/aromatic N) is 2. The second-order valence-electron chi connectivity index (χ2n) is 6.29. The highest BCUT2D eigenvalue weighted by Crippen LogP contribution is 2.36. The van der Waals surface area contributed by atoms with Gasteiger partial charge < -0.3 is 19.4 Å². The van der Waals surface area contributed by atoms with E-state index in [4.69, 9.17) is 9.15 Å². The van der Waals surface area contributed by atoms with Crippen LogP contribution in [0.2, 0.25) is 0 Å². The first-order chi connectivity index (χ1) is 13.2. The highest BCUT2D eigenvalue weighted by molar-refractivity contribution is 6.07. The van der Waals surface area contributed by atoms with Crippen molar-refractivity contribution >= 4 is 33.7 Å². The smallest absolute Gasteiger partial charge is 0.321 e. The van der Waals surface area contributed by atoms with Gasteiger partial charge in [0.25, 0.3) is 0 Å². The fourth-order valence-electron chi connectivity index (χ4n) is 3.07.